The van der Waals surface area contributed by atoms with E-state index in [1.807, 2.05) is 6.07 Å². The zero-order chi connectivity index (χ0) is 15.2. The van der Waals surface area contributed by atoms with E-state index in [2.05, 4.69) is 62.5 Å². The lowest BCUT2D eigenvalue weighted by Gasteiger charge is -2.17. The van der Waals surface area contributed by atoms with Crippen molar-refractivity contribution >= 4 is 0 Å². The van der Waals surface area contributed by atoms with Crippen molar-refractivity contribution in [2.24, 2.45) is 0 Å². The van der Waals surface area contributed by atoms with Gasteiger partial charge in [-0.1, -0.05) is 38.1 Å². The molecule has 0 spiro atoms. The minimum absolute atomic E-state index is 0.425. The first-order chi connectivity index (χ1) is 10.2. The van der Waals surface area contributed by atoms with Crippen molar-refractivity contribution in [3.05, 3.63) is 53.6 Å². The second-order valence-corrected chi connectivity index (χ2v) is 5.32. The Bertz CT molecular complexity index is 592. The Balaban J connectivity index is 2.36. The Morgan fingerprint density at radius 3 is 2.52 bits per heavy atom. The van der Waals surface area contributed by atoms with Crippen LogP contribution < -0.4 is 10.1 Å². The third-order valence-corrected chi connectivity index (χ3v) is 3.89. The lowest BCUT2D eigenvalue weighted by atomic mass is 9.95. The van der Waals surface area contributed by atoms with Crippen molar-refractivity contribution in [1.29, 1.82) is 0 Å². The molecule has 2 heteroatoms. The van der Waals surface area contributed by atoms with Gasteiger partial charge in [0, 0.05) is 6.04 Å². The van der Waals surface area contributed by atoms with Crippen LogP contribution in [0.15, 0.2) is 42.5 Å². The SMILES string of the molecule is CCNC(CC)c1cccc(-c2ccc(OC)cc2C)c1. The van der Waals surface area contributed by atoms with E-state index < -0.39 is 0 Å². The summed E-state index contributed by atoms with van der Waals surface area (Å²) in [5, 5.41) is 3.54. The number of benzene rings is 2. The molecule has 0 radical (unpaired) electrons. The number of methoxy groups -OCH3 is 1. The Morgan fingerprint density at radius 2 is 1.90 bits per heavy atom. The van der Waals surface area contributed by atoms with Crippen LogP contribution in [-0.4, -0.2) is 13.7 Å². The van der Waals surface area contributed by atoms with Gasteiger partial charge in [0.05, 0.1) is 7.11 Å². The quantitative estimate of drug-likeness (QED) is 0.827. The predicted molar refractivity (Wildman–Crippen MR) is 89.9 cm³/mol. The van der Waals surface area contributed by atoms with Gasteiger partial charge in [-0.2, -0.15) is 0 Å². The smallest absolute Gasteiger partial charge is 0.119 e. The van der Waals surface area contributed by atoms with Crippen LogP contribution in [0.5, 0.6) is 5.75 Å². The maximum Gasteiger partial charge on any atom is 0.119 e. The molecule has 0 saturated heterocycles. The molecule has 0 amide bonds. The summed E-state index contributed by atoms with van der Waals surface area (Å²) in [5.41, 5.74) is 5.13. The first-order valence-electron chi connectivity index (χ1n) is 7.68. The molecule has 1 N–H and O–H groups in total. The average molecular weight is 283 g/mol. The molecule has 0 bridgehead atoms. The largest absolute Gasteiger partial charge is 0.497 e. The summed E-state index contributed by atoms with van der Waals surface area (Å²) in [6.45, 7) is 7.50. The van der Waals surface area contributed by atoms with Crippen molar-refractivity contribution < 1.29 is 4.74 Å². The minimum atomic E-state index is 0.425. The molecular weight excluding hydrogens is 258 g/mol. The molecule has 2 aromatic carbocycles. The monoisotopic (exact) mass is 283 g/mol. The Morgan fingerprint density at radius 1 is 1.10 bits per heavy atom. The number of nitrogens with one attached hydrogen (secondary N) is 1. The second kappa shape index (κ2) is 7.28. The fourth-order valence-corrected chi connectivity index (χ4v) is 2.75. The molecule has 0 aromatic heterocycles. The van der Waals surface area contributed by atoms with E-state index in [0.717, 1.165) is 18.7 Å². The number of hydrogen-bond acceptors (Lipinski definition) is 2. The van der Waals surface area contributed by atoms with E-state index in [1.54, 1.807) is 7.11 Å². The molecule has 112 valence electrons. The second-order valence-electron chi connectivity index (χ2n) is 5.32. The lowest BCUT2D eigenvalue weighted by Crippen LogP contribution is -2.19. The van der Waals surface area contributed by atoms with Gasteiger partial charge in [-0.05, 0) is 60.3 Å². The predicted octanol–water partition coefficient (Wildman–Crippen LogP) is 4.73. The highest BCUT2D eigenvalue weighted by Crippen LogP contribution is 2.29. The molecule has 2 rings (SSSR count). The summed E-state index contributed by atoms with van der Waals surface area (Å²) in [5.74, 6) is 0.909. The normalized spacial score (nSPS) is 12.2. The van der Waals surface area contributed by atoms with Gasteiger partial charge in [0.2, 0.25) is 0 Å². The van der Waals surface area contributed by atoms with Crippen LogP contribution in [0, 0.1) is 6.92 Å². The van der Waals surface area contributed by atoms with Gasteiger partial charge in [0.1, 0.15) is 5.75 Å². The summed E-state index contributed by atoms with van der Waals surface area (Å²) in [7, 11) is 1.71. The molecule has 1 atom stereocenters. The van der Waals surface area contributed by atoms with Crippen LogP contribution in [0.4, 0.5) is 0 Å². The molecule has 0 saturated carbocycles. The first kappa shape index (κ1) is 15.6. The zero-order valence-corrected chi connectivity index (χ0v) is 13.4. The van der Waals surface area contributed by atoms with Crippen LogP contribution in [0.25, 0.3) is 11.1 Å². The minimum Gasteiger partial charge on any atom is -0.497 e. The molecule has 2 nitrogen and oxygen atoms in total. The summed E-state index contributed by atoms with van der Waals surface area (Å²) in [4.78, 5) is 0. The van der Waals surface area contributed by atoms with E-state index in [1.165, 1.54) is 22.3 Å². The fourth-order valence-electron chi connectivity index (χ4n) is 2.75. The van der Waals surface area contributed by atoms with E-state index in [-0.39, 0.29) is 0 Å². The van der Waals surface area contributed by atoms with Crippen molar-refractivity contribution in [2.45, 2.75) is 33.2 Å². The Hall–Kier alpha value is -1.80. The van der Waals surface area contributed by atoms with Gasteiger partial charge in [0.15, 0.2) is 0 Å². The third kappa shape index (κ3) is 3.64. The van der Waals surface area contributed by atoms with Crippen LogP contribution in [0.1, 0.15) is 37.4 Å². The van der Waals surface area contributed by atoms with Gasteiger partial charge >= 0.3 is 0 Å². The standard InChI is InChI=1S/C19H25NO/c1-5-19(20-6-2)16-9-7-8-15(13-16)18-11-10-17(21-4)12-14(18)3/h7-13,19-20H,5-6H2,1-4H3. The van der Waals surface area contributed by atoms with Gasteiger partial charge < -0.3 is 10.1 Å². The summed E-state index contributed by atoms with van der Waals surface area (Å²) < 4.78 is 5.29. The summed E-state index contributed by atoms with van der Waals surface area (Å²) in [6, 6.07) is 15.5. The average Bonchev–Trinajstić information content (AvgIpc) is 2.52. The molecule has 21 heavy (non-hydrogen) atoms. The topological polar surface area (TPSA) is 21.3 Å². The first-order valence-corrected chi connectivity index (χ1v) is 7.68. The van der Waals surface area contributed by atoms with Crippen LogP contribution in [0.3, 0.4) is 0 Å². The van der Waals surface area contributed by atoms with Crippen LogP contribution >= 0.6 is 0 Å². The summed E-state index contributed by atoms with van der Waals surface area (Å²) in [6.07, 6.45) is 1.10. The van der Waals surface area contributed by atoms with Crippen molar-refractivity contribution in [3.63, 3.8) is 0 Å². The fraction of sp³-hybridized carbons (Fsp3) is 0.368. The molecular formula is C19H25NO. The van der Waals surface area contributed by atoms with Gasteiger partial charge in [-0.15, -0.1) is 0 Å². The van der Waals surface area contributed by atoms with E-state index in [9.17, 15) is 0 Å². The van der Waals surface area contributed by atoms with Crippen LogP contribution in [-0.2, 0) is 0 Å². The van der Waals surface area contributed by atoms with Crippen LogP contribution in [0.2, 0.25) is 0 Å². The van der Waals surface area contributed by atoms with Crippen molar-refractivity contribution in [2.75, 3.05) is 13.7 Å². The van der Waals surface area contributed by atoms with E-state index in [0.29, 0.717) is 6.04 Å². The van der Waals surface area contributed by atoms with Gasteiger partial charge in [-0.3, -0.25) is 0 Å². The third-order valence-electron chi connectivity index (χ3n) is 3.89. The number of rotatable bonds is 6. The zero-order valence-electron chi connectivity index (χ0n) is 13.4. The Labute approximate surface area is 128 Å². The molecule has 0 aliphatic heterocycles. The number of ether oxygens (including phenoxy) is 1. The highest BCUT2D eigenvalue weighted by Gasteiger charge is 2.10. The lowest BCUT2D eigenvalue weighted by molar-refractivity contribution is 0.414. The highest BCUT2D eigenvalue weighted by atomic mass is 16.5. The molecule has 1 unspecified atom stereocenters. The number of hydrogen-bond donors (Lipinski definition) is 1. The van der Waals surface area contributed by atoms with Crippen molar-refractivity contribution in [1.82, 2.24) is 5.32 Å². The van der Waals surface area contributed by atoms with Crippen molar-refractivity contribution in [3.8, 4) is 16.9 Å². The molecule has 0 aliphatic carbocycles. The van der Waals surface area contributed by atoms with Gasteiger partial charge in [-0.25, -0.2) is 0 Å². The van der Waals surface area contributed by atoms with E-state index >= 15 is 0 Å². The van der Waals surface area contributed by atoms with E-state index in [4.69, 9.17) is 4.74 Å². The maximum absolute atomic E-state index is 5.29. The van der Waals surface area contributed by atoms with Gasteiger partial charge in [0.25, 0.3) is 0 Å². The molecule has 0 aliphatic rings. The number of aryl methyl sites for hydroxylation is 1. The highest BCUT2D eigenvalue weighted by molar-refractivity contribution is 5.68. The molecule has 0 fully saturated rings. The molecule has 0 heterocycles. The Kier molecular flexibility index (Phi) is 5.40. The summed E-state index contributed by atoms with van der Waals surface area (Å²) >= 11 is 0. The molecule has 2 aromatic rings. The maximum atomic E-state index is 5.29.